The minimum absolute atomic E-state index is 0.502. The SMILES string of the molecule is CN=C(NCCc1cccc2ccccc12)NC1CCN(CCCOC)CC1. The molecule has 0 spiro atoms. The van der Waals surface area contributed by atoms with Crippen LogP contribution in [0.25, 0.3) is 10.8 Å². The van der Waals surface area contributed by atoms with E-state index in [0.717, 1.165) is 64.4 Å². The maximum Gasteiger partial charge on any atom is 0.191 e. The molecule has 0 bridgehead atoms. The maximum absolute atomic E-state index is 5.15. The maximum atomic E-state index is 5.15. The molecular weight excluding hydrogens is 348 g/mol. The monoisotopic (exact) mass is 382 g/mol. The summed E-state index contributed by atoms with van der Waals surface area (Å²) < 4.78 is 5.15. The highest BCUT2D eigenvalue weighted by molar-refractivity contribution is 5.85. The van der Waals surface area contributed by atoms with Crippen molar-refractivity contribution in [3.63, 3.8) is 0 Å². The van der Waals surface area contributed by atoms with Crippen molar-refractivity contribution in [3.05, 3.63) is 48.0 Å². The Morgan fingerprint density at radius 3 is 2.71 bits per heavy atom. The summed E-state index contributed by atoms with van der Waals surface area (Å²) in [5.74, 6) is 0.915. The van der Waals surface area contributed by atoms with E-state index in [1.54, 1.807) is 7.11 Å². The van der Waals surface area contributed by atoms with Crippen LogP contribution in [-0.4, -0.2) is 63.8 Å². The lowest BCUT2D eigenvalue weighted by atomic mass is 10.0. The molecule has 0 unspecified atom stereocenters. The molecule has 1 fully saturated rings. The summed E-state index contributed by atoms with van der Waals surface area (Å²) in [6.07, 6.45) is 4.43. The quantitative estimate of drug-likeness (QED) is 0.419. The van der Waals surface area contributed by atoms with Gasteiger partial charge in [-0.25, -0.2) is 0 Å². The summed E-state index contributed by atoms with van der Waals surface area (Å²) in [5, 5.41) is 9.74. The van der Waals surface area contributed by atoms with Gasteiger partial charge in [0.25, 0.3) is 0 Å². The van der Waals surface area contributed by atoms with Crippen LogP contribution in [0.5, 0.6) is 0 Å². The molecule has 2 N–H and O–H groups in total. The lowest BCUT2D eigenvalue weighted by molar-refractivity contribution is 0.155. The van der Waals surface area contributed by atoms with Gasteiger partial charge in [0.05, 0.1) is 0 Å². The summed E-state index contributed by atoms with van der Waals surface area (Å²) in [5.41, 5.74) is 1.38. The number of aliphatic imine (C=N–C) groups is 1. The summed E-state index contributed by atoms with van der Waals surface area (Å²) in [7, 11) is 3.63. The molecule has 0 aromatic heterocycles. The fourth-order valence-electron chi connectivity index (χ4n) is 3.95. The van der Waals surface area contributed by atoms with Crippen molar-refractivity contribution in [1.82, 2.24) is 15.5 Å². The molecule has 1 aliphatic heterocycles. The number of fused-ring (bicyclic) bond motifs is 1. The van der Waals surface area contributed by atoms with Crippen molar-refractivity contribution in [1.29, 1.82) is 0 Å². The minimum Gasteiger partial charge on any atom is -0.385 e. The van der Waals surface area contributed by atoms with Crippen LogP contribution in [0, 0.1) is 0 Å². The van der Waals surface area contributed by atoms with Crippen LogP contribution in [0.2, 0.25) is 0 Å². The molecule has 1 aliphatic rings. The first-order valence-electron chi connectivity index (χ1n) is 10.5. The topological polar surface area (TPSA) is 48.9 Å². The molecule has 2 aromatic carbocycles. The Morgan fingerprint density at radius 2 is 1.93 bits per heavy atom. The first-order chi connectivity index (χ1) is 13.8. The van der Waals surface area contributed by atoms with Gasteiger partial charge in [-0.2, -0.15) is 0 Å². The average Bonchev–Trinajstić information content (AvgIpc) is 2.74. The Kier molecular flexibility index (Phi) is 8.12. The van der Waals surface area contributed by atoms with E-state index in [9.17, 15) is 0 Å². The highest BCUT2D eigenvalue weighted by atomic mass is 16.5. The van der Waals surface area contributed by atoms with Crippen LogP contribution in [-0.2, 0) is 11.2 Å². The number of piperidine rings is 1. The summed E-state index contributed by atoms with van der Waals surface area (Å²) >= 11 is 0. The van der Waals surface area contributed by atoms with Gasteiger partial charge in [0.2, 0.25) is 0 Å². The average molecular weight is 383 g/mol. The van der Waals surface area contributed by atoms with Gasteiger partial charge < -0.3 is 20.3 Å². The molecule has 0 saturated carbocycles. The van der Waals surface area contributed by atoms with Gasteiger partial charge in [0.15, 0.2) is 5.96 Å². The standard InChI is InChI=1S/C23H34N4O/c1-24-23(26-21-12-16-27(17-13-21)15-6-18-28-2)25-14-11-20-9-5-8-19-7-3-4-10-22(19)20/h3-5,7-10,21H,6,11-18H2,1-2H3,(H2,24,25,26). The summed E-state index contributed by atoms with van der Waals surface area (Å²) in [6, 6.07) is 15.6. The molecule has 1 saturated heterocycles. The number of methoxy groups -OCH3 is 1. The van der Waals surface area contributed by atoms with Gasteiger partial charge in [0.1, 0.15) is 0 Å². The number of hydrogen-bond acceptors (Lipinski definition) is 3. The molecule has 0 radical (unpaired) electrons. The van der Waals surface area contributed by atoms with Gasteiger partial charge in [0, 0.05) is 53.0 Å². The number of likely N-dealkylation sites (tertiary alicyclic amines) is 1. The van der Waals surface area contributed by atoms with Gasteiger partial charge in [-0.15, -0.1) is 0 Å². The van der Waals surface area contributed by atoms with E-state index in [1.807, 2.05) is 7.05 Å². The van der Waals surface area contributed by atoms with E-state index in [1.165, 1.54) is 16.3 Å². The molecule has 5 nitrogen and oxygen atoms in total. The number of nitrogens with one attached hydrogen (secondary N) is 2. The third kappa shape index (κ3) is 5.94. The normalized spacial score (nSPS) is 16.4. The van der Waals surface area contributed by atoms with Crippen molar-refractivity contribution < 1.29 is 4.74 Å². The third-order valence-corrected chi connectivity index (χ3v) is 5.54. The van der Waals surface area contributed by atoms with E-state index in [2.05, 4.69) is 63.0 Å². The zero-order valence-corrected chi connectivity index (χ0v) is 17.3. The minimum atomic E-state index is 0.502. The molecule has 28 heavy (non-hydrogen) atoms. The van der Waals surface area contributed by atoms with Crippen molar-refractivity contribution in [2.75, 3.05) is 46.9 Å². The second kappa shape index (κ2) is 11.0. The Bertz CT molecular complexity index is 748. The van der Waals surface area contributed by atoms with Gasteiger partial charge in [-0.05, 0) is 42.0 Å². The molecule has 0 atom stereocenters. The zero-order chi connectivity index (χ0) is 19.6. The summed E-state index contributed by atoms with van der Waals surface area (Å²) in [4.78, 5) is 6.96. The number of guanidine groups is 1. The Labute approximate surface area is 169 Å². The molecular formula is C23H34N4O. The molecule has 152 valence electrons. The van der Waals surface area contributed by atoms with Crippen molar-refractivity contribution in [2.45, 2.75) is 31.7 Å². The first kappa shape index (κ1) is 20.6. The third-order valence-electron chi connectivity index (χ3n) is 5.54. The number of nitrogens with zero attached hydrogens (tertiary/aromatic N) is 2. The molecule has 5 heteroatoms. The highest BCUT2D eigenvalue weighted by Crippen LogP contribution is 2.18. The molecule has 2 aromatic rings. The number of rotatable bonds is 8. The predicted octanol–water partition coefficient (Wildman–Crippen LogP) is 3.05. The van der Waals surface area contributed by atoms with E-state index in [4.69, 9.17) is 4.74 Å². The Hall–Kier alpha value is -2.11. The fraction of sp³-hybridized carbons (Fsp3) is 0.522. The molecule has 0 aliphatic carbocycles. The van der Waals surface area contributed by atoms with E-state index >= 15 is 0 Å². The molecule has 3 rings (SSSR count). The van der Waals surface area contributed by atoms with Crippen molar-refractivity contribution in [3.8, 4) is 0 Å². The molecule has 0 amide bonds. The number of benzene rings is 2. The predicted molar refractivity (Wildman–Crippen MR) is 118 cm³/mol. The lowest BCUT2D eigenvalue weighted by Gasteiger charge is -2.33. The molecule has 1 heterocycles. The van der Waals surface area contributed by atoms with Crippen LogP contribution >= 0.6 is 0 Å². The van der Waals surface area contributed by atoms with Crippen molar-refractivity contribution in [2.24, 2.45) is 4.99 Å². The van der Waals surface area contributed by atoms with Crippen molar-refractivity contribution >= 4 is 16.7 Å². The second-order valence-electron chi connectivity index (χ2n) is 7.49. The van der Waals surface area contributed by atoms with E-state index in [0.29, 0.717) is 6.04 Å². The van der Waals surface area contributed by atoms with Crippen LogP contribution < -0.4 is 10.6 Å². The number of ether oxygens (including phenoxy) is 1. The van der Waals surface area contributed by atoms with Gasteiger partial charge in [-0.3, -0.25) is 4.99 Å². The zero-order valence-electron chi connectivity index (χ0n) is 17.3. The fourth-order valence-corrected chi connectivity index (χ4v) is 3.95. The first-order valence-corrected chi connectivity index (χ1v) is 10.5. The van der Waals surface area contributed by atoms with Crippen LogP contribution in [0.15, 0.2) is 47.5 Å². The van der Waals surface area contributed by atoms with Crippen LogP contribution in [0.4, 0.5) is 0 Å². The van der Waals surface area contributed by atoms with Gasteiger partial charge in [-0.1, -0.05) is 42.5 Å². The second-order valence-corrected chi connectivity index (χ2v) is 7.49. The van der Waals surface area contributed by atoms with E-state index in [-0.39, 0.29) is 0 Å². The van der Waals surface area contributed by atoms with Crippen LogP contribution in [0.3, 0.4) is 0 Å². The largest absolute Gasteiger partial charge is 0.385 e. The van der Waals surface area contributed by atoms with Crippen LogP contribution in [0.1, 0.15) is 24.8 Å². The Morgan fingerprint density at radius 1 is 1.14 bits per heavy atom. The number of hydrogen-bond donors (Lipinski definition) is 2. The van der Waals surface area contributed by atoms with Gasteiger partial charge >= 0.3 is 0 Å². The lowest BCUT2D eigenvalue weighted by Crippen LogP contribution is -2.49. The van der Waals surface area contributed by atoms with E-state index < -0.39 is 0 Å². The summed E-state index contributed by atoms with van der Waals surface area (Å²) in [6.45, 7) is 5.16. The smallest absolute Gasteiger partial charge is 0.191 e. The highest BCUT2D eigenvalue weighted by Gasteiger charge is 2.19. The Balaban J connectivity index is 1.42.